The Morgan fingerprint density at radius 1 is 1.36 bits per heavy atom. The number of aryl methyl sites for hydroxylation is 2. The fourth-order valence-corrected chi connectivity index (χ4v) is 2.10. The molecule has 2 rings (SSSR count). The quantitative estimate of drug-likeness (QED) is 0.908. The first-order valence-electron chi connectivity index (χ1n) is 7.08. The van der Waals surface area contributed by atoms with Crippen molar-refractivity contribution in [3.8, 4) is 5.69 Å². The van der Waals surface area contributed by atoms with E-state index in [0.717, 1.165) is 11.4 Å². The Kier molecular flexibility index (Phi) is 4.32. The Morgan fingerprint density at radius 3 is 2.55 bits per heavy atom. The van der Waals surface area contributed by atoms with E-state index in [1.165, 1.54) is 10.7 Å². The smallest absolute Gasteiger partial charge is 0.251 e. The van der Waals surface area contributed by atoms with Crippen molar-refractivity contribution in [1.82, 2.24) is 15.1 Å². The third-order valence-electron chi connectivity index (χ3n) is 3.15. The summed E-state index contributed by atoms with van der Waals surface area (Å²) in [5.74, 6) is -0.844. The molecule has 0 saturated carbocycles. The highest BCUT2D eigenvalue weighted by molar-refractivity contribution is 5.94. The molecular formula is C16H21FN4O. The van der Waals surface area contributed by atoms with Crippen molar-refractivity contribution in [3.05, 3.63) is 47.0 Å². The van der Waals surface area contributed by atoms with Gasteiger partial charge in [0.2, 0.25) is 0 Å². The standard InChI is InChI=1S/C16H21FN4O/c1-10-7-11(2)21(20-10)14-6-5-12(8-13(14)17)15(22)19-9-16(3,4)18/h5-8H,9,18H2,1-4H3,(H,19,22). The Hall–Kier alpha value is -2.21. The van der Waals surface area contributed by atoms with E-state index >= 15 is 0 Å². The van der Waals surface area contributed by atoms with Crippen LogP contribution in [-0.2, 0) is 0 Å². The topological polar surface area (TPSA) is 72.9 Å². The van der Waals surface area contributed by atoms with Crippen molar-refractivity contribution in [2.75, 3.05) is 6.54 Å². The van der Waals surface area contributed by atoms with Crippen LogP contribution >= 0.6 is 0 Å². The summed E-state index contributed by atoms with van der Waals surface area (Å²) in [5.41, 5.74) is 7.51. The van der Waals surface area contributed by atoms with Crippen LogP contribution in [-0.4, -0.2) is 27.8 Å². The maximum atomic E-state index is 14.3. The van der Waals surface area contributed by atoms with Crippen LogP contribution in [0.25, 0.3) is 5.69 Å². The fraction of sp³-hybridized carbons (Fsp3) is 0.375. The second-order valence-corrected chi connectivity index (χ2v) is 6.18. The molecule has 3 N–H and O–H groups in total. The maximum absolute atomic E-state index is 14.3. The van der Waals surface area contributed by atoms with Crippen LogP contribution in [0, 0.1) is 19.7 Å². The molecule has 118 valence electrons. The minimum atomic E-state index is -0.516. The van der Waals surface area contributed by atoms with Gasteiger partial charge < -0.3 is 11.1 Å². The minimum Gasteiger partial charge on any atom is -0.350 e. The van der Waals surface area contributed by atoms with Gasteiger partial charge in [-0.3, -0.25) is 4.79 Å². The highest BCUT2D eigenvalue weighted by Crippen LogP contribution is 2.17. The van der Waals surface area contributed by atoms with E-state index in [2.05, 4.69) is 10.4 Å². The zero-order valence-corrected chi connectivity index (χ0v) is 13.3. The van der Waals surface area contributed by atoms with Crippen LogP contribution in [0.5, 0.6) is 0 Å². The lowest BCUT2D eigenvalue weighted by Crippen LogP contribution is -2.45. The number of nitrogens with zero attached hydrogens (tertiary/aromatic N) is 2. The monoisotopic (exact) mass is 304 g/mol. The zero-order chi connectivity index (χ0) is 16.5. The summed E-state index contributed by atoms with van der Waals surface area (Å²) in [5, 5.41) is 6.93. The summed E-state index contributed by atoms with van der Waals surface area (Å²) in [6.45, 7) is 7.62. The van der Waals surface area contributed by atoms with E-state index < -0.39 is 11.4 Å². The molecule has 1 aromatic carbocycles. The van der Waals surface area contributed by atoms with Crippen LogP contribution in [0.3, 0.4) is 0 Å². The molecule has 1 amide bonds. The largest absolute Gasteiger partial charge is 0.350 e. The predicted octanol–water partition coefficient (Wildman–Crippen LogP) is 2.10. The van der Waals surface area contributed by atoms with Gasteiger partial charge in [-0.25, -0.2) is 9.07 Å². The molecule has 0 bridgehead atoms. The molecule has 0 aliphatic carbocycles. The first-order valence-corrected chi connectivity index (χ1v) is 7.08. The molecule has 0 aliphatic heterocycles. The number of halogens is 1. The highest BCUT2D eigenvalue weighted by Gasteiger charge is 2.16. The number of aromatic nitrogens is 2. The molecule has 0 atom stereocenters. The van der Waals surface area contributed by atoms with E-state index in [1.807, 2.05) is 19.9 Å². The van der Waals surface area contributed by atoms with Crippen molar-refractivity contribution in [3.63, 3.8) is 0 Å². The van der Waals surface area contributed by atoms with Gasteiger partial charge in [0.15, 0.2) is 0 Å². The molecule has 0 radical (unpaired) electrons. The number of nitrogens with one attached hydrogen (secondary N) is 1. The van der Waals surface area contributed by atoms with Crippen LogP contribution in [0.2, 0.25) is 0 Å². The molecule has 22 heavy (non-hydrogen) atoms. The van der Waals surface area contributed by atoms with Gasteiger partial charge in [0.25, 0.3) is 5.91 Å². The second-order valence-electron chi connectivity index (χ2n) is 6.18. The summed E-state index contributed by atoms with van der Waals surface area (Å²) < 4.78 is 15.8. The van der Waals surface area contributed by atoms with Crippen LogP contribution < -0.4 is 11.1 Å². The maximum Gasteiger partial charge on any atom is 0.251 e. The molecule has 1 aromatic heterocycles. The number of hydrogen-bond donors (Lipinski definition) is 2. The number of amides is 1. The zero-order valence-electron chi connectivity index (χ0n) is 13.3. The Bertz CT molecular complexity index is 701. The number of hydrogen-bond acceptors (Lipinski definition) is 3. The predicted molar refractivity (Wildman–Crippen MR) is 83.6 cm³/mol. The van der Waals surface area contributed by atoms with Gasteiger partial charge in [0.1, 0.15) is 11.5 Å². The fourth-order valence-electron chi connectivity index (χ4n) is 2.10. The molecular weight excluding hydrogens is 283 g/mol. The van der Waals surface area contributed by atoms with Crippen molar-refractivity contribution < 1.29 is 9.18 Å². The van der Waals surface area contributed by atoms with Crippen molar-refractivity contribution in [1.29, 1.82) is 0 Å². The van der Waals surface area contributed by atoms with Crippen molar-refractivity contribution >= 4 is 5.91 Å². The van der Waals surface area contributed by atoms with Gasteiger partial charge in [-0.2, -0.15) is 5.10 Å². The lowest BCUT2D eigenvalue weighted by molar-refractivity contribution is 0.0945. The van der Waals surface area contributed by atoms with E-state index in [-0.39, 0.29) is 11.5 Å². The highest BCUT2D eigenvalue weighted by atomic mass is 19.1. The van der Waals surface area contributed by atoms with Crippen LogP contribution in [0.1, 0.15) is 35.6 Å². The van der Waals surface area contributed by atoms with Crippen molar-refractivity contribution in [2.24, 2.45) is 5.73 Å². The second kappa shape index (κ2) is 5.88. The first-order chi connectivity index (χ1) is 10.2. The van der Waals surface area contributed by atoms with Crippen molar-refractivity contribution in [2.45, 2.75) is 33.2 Å². The molecule has 2 aromatic rings. The van der Waals surface area contributed by atoms with Gasteiger partial charge >= 0.3 is 0 Å². The Morgan fingerprint density at radius 2 is 2.05 bits per heavy atom. The third-order valence-corrected chi connectivity index (χ3v) is 3.15. The molecule has 0 fully saturated rings. The normalized spacial score (nSPS) is 11.5. The molecule has 0 saturated heterocycles. The van der Waals surface area contributed by atoms with Gasteiger partial charge in [0.05, 0.1) is 5.69 Å². The Labute approximate surface area is 129 Å². The van der Waals surface area contributed by atoms with Gasteiger partial charge in [-0.1, -0.05) is 0 Å². The van der Waals surface area contributed by atoms with Crippen LogP contribution in [0.15, 0.2) is 24.3 Å². The number of carbonyl (C=O) groups is 1. The lowest BCUT2D eigenvalue weighted by atomic mass is 10.1. The molecule has 5 nitrogen and oxygen atoms in total. The first kappa shape index (κ1) is 16.2. The molecule has 6 heteroatoms. The van der Waals surface area contributed by atoms with Gasteiger partial charge in [0, 0.05) is 23.3 Å². The molecule has 0 spiro atoms. The number of benzene rings is 1. The van der Waals surface area contributed by atoms with Crippen LogP contribution in [0.4, 0.5) is 4.39 Å². The summed E-state index contributed by atoms with van der Waals surface area (Å²) in [7, 11) is 0. The van der Waals surface area contributed by atoms with Gasteiger partial charge in [-0.05, 0) is 52.0 Å². The van der Waals surface area contributed by atoms with E-state index in [0.29, 0.717) is 12.2 Å². The molecule has 0 aliphatic rings. The summed E-state index contributed by atoms with van der Waals surface area (Å²) >= 11 is 0. The average Bonchev–Trinajstić information content (AvgIpc) is 2.74. The Balaban J connectivity index is 2.23. The molecule has 0 unspecified atom stereocenters. The number of rotatable bonds is 4. The minimum absolute atomic E-state index is 0.257. The SMILES string of the molecule is Cc1cc(C)n(-c2ccc(C(=O)NCC(C)(C)N)cc2F)n1. The summed E-state index contributed by atoms with van der Waals surface area (Å²) in [4.78, 5) is 12.0. The number of nitrogens with two attached hydrogens (primary N) is 1. The third kappa shape index (κ3) is 3.71. The lowest BCUT2D eigenvalue weighted by Gasteiger charge is -2.19. The van der Waals surface area contributed by atoms with E-state index in [9.17, 15) is 9.18 Å². The number of carbonyl (C=O) groups excluding carboxylic acids is 1. The summed E-state index contributed by atoms with van der Waals surface area (Å²) in [6.07, 6.45) is 0. The van der Waals surface area contributed by atoms with E-state index in [4.69, 9.17) is 5.73 Å². The summed E-state index contributed by atoms with van der Waals surface area (Å²) in [6, 6.07) is 6.21. The average molecular weight is 304 g/mol. The molecule has 1 heterocycles. The van der Waals surface area contributed by atoms with E-state index in [1.54, 1.807) is 26.0 Å². The van der Waals surface area contributed by atoms with Gasteiger partial charge in [-0.15, -0.1) is 0 Å².